The number of alkyl carbamates (subject to hydrolysis) is 1. The highest BCUT2D eigenvalue weighted by Gasteiger charge is 2.37. The van der Waals surface area contributed by atoms with Crippen LogP contribution in [0.25, 0.3) is 0 Å². The minimum Gasteiger partial charge on any atom is -0.444 e. The second-order valence-electron chi connectivity index (χ2n) is 8.14. The third kappa shape index (κ3) is 9.70. The van der Waals surface area contributed by atoms with E-state index < -0.39 is 30.8 Å². The van der Waals surface area contributed by atoms with Crippen molar-refractivity contribution in [2.45, 2.75) is 57.7 Å². The molecule has 3 N–H and O–H groups in total. The Morgan fingerprint density at radius 1 is 1.21 bits per heavy atom. The number of hydrogen-bond acceptors (Lipinski definition) is 5. The van der Waals surface area contributed by atoms with Gasteiger partial charge in [0, 0.05) is 23.0 Å². The molecule has 0 heterocycles. The van der Waals surface area contributed by atoms with Crippen molar-refractivity contribution >= 4 is 36.8 Å². The van der Waals surface area contributed by atoms with Gasteiger partial charge in [0.05, 0.1) is 0 Å². The molecule has 4 atom stereocenters. The Morgan fingerprint density at radius 3 is 2.31 bits per heavy atom. The Bertz CT molecular complexity index is 723. The molecule has 0 aliphatic carbocycles. The lowest BCUT2D eigenvalue weighted by Crippen LogP contribution is -2.41. The molecule has 29 heavy (non-hydrogen) atoms. The molecule has 2 amide bonds. The van der Waals surface area contributed by atoms with Gasteiger partial charge in [0.1, 0.15) is 11.4 Å². The minimum absolute atomic E-state index is 0.0452. The summed E-state index contributed by atoms with van der Waals surface area (Å²) in [5.41, 5.74) is -0.0984. The molecule has 0 fully saturated rings. The van der Waals surface area contributed by atoms with Gasteiger partial charge in [-0.3, -0.25) is 9.36 Å². The third-order valence-electron chi connectivity index (χ3n) is 4.15. The van der Waals surface area contributed by atoms with E-state index in [-0.39, 0.29) is 17.3 Å². The summed E-state index contributed by atoms with van der Waals surface area (Å²) in [6.45, 7) is 8.69. The van der Waals surface area contributed by atoms with Gasteiger partial charge in [-0.15, -0.1) is 0 Å². The topological polar surface area (TPSA) is 105 Å². The summed E-state index contributed by atoms with van der Waals surface area (Å²) >= 11 is 1.53. The van der Waals surface area contributed by atoms with Crippen molar-refractivity contribution in [3.8, 4) is 0 Å². The van der Waals surface area contributed by atoms with Crippen LogP contribution in [0.15, 0.2) is 30.3 Å². The van der Waals surface area contributed by atoms with Gasteiger partial charge in [-0.1, -0.05) is 32.0 Å². The number of rotatable bonds is 9. The van der Waals surface area contributed by atoms with Crippen LogP contribution < -0.4 is 10.6 Å². The fourth-order valence-corrected chi connectivity index (χ4v) is 5.25. The Kier molecular flexibility index (Phi) is 9.73. The number of benzene rings is 1. The number of hydrogen-bond donors (Lipinski definition) is 3. The average molecular weight is 445 g/mol. The maximum Gasteiger partial charge on any atom is 0.408 e. The highest BCUT2D eigenvalue weighted by Crippen LogP contribution is 2.49. The molecular weight excluding hydrogens is 411 g/mol. The van der Waals surface area contributed by atoms with E-state index >= 15 is 0 Å². The number of ether oxygens (including phenoxy) is 1. The van der Waals surface area contributed by atoms with E-state index in [4.69, 9.17) is 4.74 Å². The highest BCUT2D eigenvalue weighted by atomic mass is 32.2. The molecule has 0 saturated heterocycles. The maximum atomic E-state index is 13.1. The molecular formula is C20H33N2O5PS. The fraction of sp³-hybridized carbons (Fsp3) is 0.600. The van der Waals surface area contributed by atoms with Gasteiger partial charge in [0.25, 0.3) is 0 Å². The third-order valence-corrected chi connectivity index (χ3v) is 7.53. The zero-order valence-electron chi connectivity index (χ0n) is 18.0. The van der Waals surface area contributed by atoms with E-state index in [0.717, 1.165) is 0 Å². The first kappa shape index (κ1) is 25.5. The van der Waals surface area contributed by atoms with E-state index in [1.54, 1.807) is 52.0 Å². The van der Waals surface area contributed by atoms with Crippen LogP contribution in [0.1, 0.15) is 41.0 Å². The molecule has 1 aromatic carbocycles. The first-order valence-electron chi connectivity index (χ1n) is 9.53. The Morgan fingerprint density at radius 2 is 1.79 bits per heavy atom. The molecule has 0 aromatic heterocycles. The minimum atomic E-state index is -3.89. The second-order valence-corrected chi connectivity index (χ2v) is 11.9. The van der Waals surface area contributed by atoms with Crippen molar-refractivity contribution in [2.24, 2.45) is 5.92 Å². The summed E-state index contributed by atoms with van der Waals surface area (Å²) in [5, 5.41) is 5.34. The van der Waals surface area contributed by atoms with E-state index in [2.05, 4.69) is 10.6 Å². The lowest BCUT2D eigenvalue weighted by atomic mass is 10.2. The molecule has 0 radical (unpaired) electrons. The zero-order valence-corrected chi connectivity index (χ0v) is 19.7. The van der Waals surface area contributed by atoms with Crippen molar-refractivity contribution in [3.63, 3.8) is 0 Å². The monoisotopic (exact) mass is 444 g/mol. The summed E-state index contributed by atoms with van der Waals surface area (Å²) in [6.07, 6.45) is 1.20. The van der Waals surface area contributed by atoms with Crippen LogP contribution in [-0.4, -0.2) is 45.9 Å². The molecule has 0 saturated carbocycles. The molecule has 1 aromatic rings. The van der Waals surface area contributed by atoms with Crippen LogP contribution >= 0.6 is 19.1 Å². The van der Waals surface area contributed by atoms with Crippen LogP contribution in [0.4, 0.5) is 10.5 Å². The van der Waals surface area contributed by atoms with Gasteiger partial charge in [0.2, 0.25) is 13.3 Å². The number of carbonyl (C=O) groups excluding carboxylic acids is 2. The summed E-state index contributed by atoms with van der Waals surface area (Å²) in [6, 6.07) is 8.91. The fourth-order valence-electron chi connectivity index (χ4n) is 2.57. The standard InChI is InChI=1S/C20H33N2O5PS/c1-14(18(23)21-16-10-8-7-9-11-16)13-28(25,26)17(12-15(2)29-6)22-19(24)27-20(3,4)5/h7-11,14-15,17H,12-13H2,1-6H3,(H,21,23)(H,22,24)(H,25,26). The maximum absolute atomic E-state index is 13.1. The lowest BCUT2D eigenvalue weighted by molar-refractivity contribution is -0.118. The molecule has 164 valence electrons. The van der Waals surface area contributed by atoms with E-state index in [1.807, 2.05) is 19.2 Å². The number of carbonyl (C=O) groups is 2. The van der Waals surface area contributed by atoms with Crippen molar-refractivity contribution in [3.05, 3.63) is 30.3 Å². The van der Waals surface area contributed by atoms with Gasteiger partial charge in [-0.05, 0) is 45.6 Å². The van der Waals surface area contributed by atoms with Crippen LogP contribution in [0.5, 0.6) is 0 Å². The van der Waals surface area contributed by atoms with Crippen molar-refractivity contribution in [1.82, 2.24) is 5.32 Å². The number of para-hydroxylation sites is 1. The van der Waals surface area contributed by atoms with Crippen LogP contribution in [0.3, 0.4) is 0 Å². The van der Waals surface area contributed by atoms with Crippen molar-refractivity contribution in [1.29, 1.82) is 0 Å². The summed E-state index contributed by atoms with van der Waals surface area (Å²) in [7, 11) is -3.89. The number of thioether (sulfide) groups is 1. The van der Waals surface area contributed by atoms with Crippen molar-refractivity contribution in [2.75, 3.05) is 17.7 Å². The smallest absolute Gasteiger partial charge is 0.408 e. The predicted molar refractivity (Wildman–Crippen MR) is 120 cm³/mol. The largest absolute Gasteiger partial charge is 0.444 e. The molecule has 0 aliphatic rings. The van der Waals surface area contributed by atoms with Crippen molar-refractivity contribution < 1.29 is 23.8 Å². The normalized spacial score (nSPS) is 16.8. The lowest BCUT2D eigenvalue weighted by Gasteiger charge is -2.29. The first-order valence-corrected chi connectivity index (χ1v) is 12.7. The Balaban J connectivity index is 2.86. The first-order chi connectivity index (χ1) is 13.3. The summed E-state index contributed by atoms with van der Waals surface area (Å²) in [4.78, 5) is 35.4. The molecule has 1 rings (SSSR count). The molecule has 7 nitrogen and oxygen atoms in total. The Hall–Kier alpha value is -1.50. The van der Waals surface area contributed by atoms with E-state index in [9.17, 15) is 19.0 Å². The average Bonchev–Trinajstić information content (AvgIpc) is 2.59. The zero-order chi connectivity index (χ0) is 22.2. The van der Waals surface area contributed by atoms with E-state index in [0.29, 0.717) is 12.1 Å². The predicted octanol–water partition coefficient (Wildman–Crippen LogP) is 4.52. The second kappa shape index (κ2) is 11.0. The van der Waals surface area contributed by atoms with Gasteiger partial charge >= 0.3 is 6.09 Å². The molecule has 0 bridgehead atoms. The number of amides is 2. The summed E-state index contributed by atoms with van der Waals surface area (Å²) in [5.74, 6) is -2.05. The van der Waals surface area contributed by atoms with Gasteiger partial charge in [-0.25, -0.2) is 4.79 Å². The number of anilines is 1. The molecule has 0 aliphatic heterocycles. The molecule has 4 unspecified atom stereocenters. The molecule has 9 heteroatoms. The summed E-state index contributed by atoms with van der Waals surface area (Å²) < 4.78 is 18.4. The SMILES string of the molecule is CSC(C)CC(NC(=O)OC(C)(C)C)P(=O)(O)CC(C)C(=O)Nc1ccccc1. The molecule has 0 spiro atoms. The van der Waals surface area contributed by atoms with Gasteiger partial charge in [-0.2, -0.15) is 11.8 Å². The van der Waals surface area contributed by atoms with Crippen LogP contribution in [0, 0.1) is 5.92 Å². The van der Waals surface area contributed by atoms with Crippen LogP contribution in [-0.2, 0) is 14.1 Å². The highest BCUT2D eigenvalue weighted by molar-refractivity contribution is 7.99. The quantitative estimate of drug-likeness (QED) is 0.484. The Labute approximate surface area is 177 Å². The van der Waals surface area contributed by atoms with Crippen LogP contribution in [0.2, 0.25) is 0 Å². The van der Waals surface area contributed by atoms with Gasteiger partial charge < -0.3 is 20.3 Å². The van der Waals surface area contributed by atoms with Gasteiger partial charge in [0.15, 0.2) is 0 Å². The number of nitrogens with one attached hydrogen (secondary N) is 2. The van der Waals surface area contributed by atoms with E-state index in [1.165, 1.54) is 11.8 Å².